The van der Waals surface area contributed by atoms with E-state index in [1.807, 2.05) is 0 Å². The first kappa shape index (κ1) is 12.1. The van der Waals surface area contributed by atoms with E-state index in [0.29, 0.717) is 6.54 Å². The zero-order valence-corrected chi connectivity index (χ0v) is 10.3. The average Bonchev–Trinajstić information content (AvgIpc) is 2.20. The van der Waals surface area contributed by atoms with Crippen LogP contribution in [0.2, 0.25) is 0 Å². The Morgan fingerprint density at radius 3 is 2.27 bits per heavy atom. The maximum atomic E-state index is 5.80. The van der Waals surface area contributed by atoms with E-state index in [1.54, 1.807) is 7.11 Å². The summed E-state index contributed by atoms with van der Waals surface area (Å²) in [5.74, 6) is 0.948. The van der Waals surface area contributed by atoms with E-state index in [9.17, 15) is 0 Å². The molecule has 0 amide bonds. The predicted octanol–water partition coefficient (Wildman–Crippen LogP) is 2.55. The van der Waals surface area contributed by atoms with Crippen molar-refractivity contribution in [2.75, 3.05) is 13.7 Å². The van der Waals surface area contributed by atoms with Gasteiger partial charge in [0.1, 0.15) is 5.75 Å². The van der Waals surface area contributed by atoms with Gasteiger partial charge in [0.15, 0.2) is 0 Å². The van der Waals surface area contributed by atoms with Gasteiger partial charge < -0.3 is 10.5 Å². The van der Waals surface area contributed by atoms with Crippen molar-refractivity contribution in [1.29, 1.82) is 0 Å². The number of nitrogens with two attached hydrogens (primary N) is 1. The SMILES string of the molecule is COc1cc(C)c(C(C)(C)CN)cc1C. The van der Waals surface area contributed by atoms with Crippen LogP contribution in [-0.2, 0) is 5.41 Å². The normalized spacial score (nSPS) is 11.6. The first-order valence-corrected chi connectivity index (χ1v) is 5.28. The van der Waals surface area contributed by atoms with Crippen molar-refractivity contribution in [3.63, 3.8) is 0 Å². The number of methoxy groups -OCH3 is 1. The highest BCUT2D eigenvalue weighted by molar-refractivity contribution is 5.44. The second-order valence-corrected chi connectivity index (χ2v) is 4.72. The van der Waals surface area contributed by atoms with Crippen LogP contribution in [0.1, 0.15) is 30.5 Å². The third kappa shape index (κ3) is 2.32. The Bertz CT molecular complexity index is 356. The molecule has 0 bridgehead atoms. The smallest absolute Gasteiger partial charge is 0.122 e. The molecular weight excluding hydrogens is 186 g/mol. The maximum Gasteiger partial charge on any atom is 0.122 e. The fourth-order valence-electron chi connectivity index (χ4n) is 1.85. The summed E-state index contributed by atoms with van der Waals surface area (Å²) in [6, 6.07) is 4.27. The number of benzene rings is 1. The van der Waals surface area contributed by atoms with E-state index >= 15 is 0 Å². The minimum Gasteiger partial charge on any atom is -0.496 e. The second-order valence-electron chi connectivity index (χ2n) is 4.72. The van der Waals surface area contributed by atoms with Crippen molar-refractivity contribution < 1.29 is 4.74 Å². The first-order valence-electron chi connectivity index (χ1n) is 5.28. The van der Waals surface area contributed by atoms with Crippen LogP contribution < -0.4 is 10.5 Å². The lowest BCUT2D eigenvalue weighted by atomic mass is 9.81. The molecule has 1 aromatic carbocycles. The van der Waals surface area contributed by atoms with Crippen LogP contribution in [0.4, 0.5) is 0 Å². The number of rotatable bonds is 3. The number of hydrogen-bond acceptors (Lipinski definition) is 2. The lowest BCUT2D eigenvalue weighted by Gasteiger charge is -2.26. The summed E-state index contributed by atoms with van der Waals surface area (Å²) in [7, 11) is 1.70. The minimum atomic E-state index is 0.0289. The third-order valence-corrected chi connectivity index (χ3v) is 2.98. The van der Waals surface area contributed by atoms with Gasteiger partial charge in [-0.25, -0.2) is 0 Å². The molecule has 2 nitrogen and oxygen atoms in total. The Hall–Kier alpha value is -1.02. The summed E-state index contributed by atoms with van der Waals surface area (Å²) in [6.07, 6.45) is 0. The highest BCUT2D eigenvalue weighted by Crippen LogP contribution is 2.30. The van der Waals surface area contributed by atoms with Crippen LogP contribution in [-0.4, -0.2) is 13.7 Å². The molecule has 1 rings (SSSR count). The molecule has 0 saturated carbocycles. The van der Waals surface area contributed by atoms with E-state index in [-0.39, 0.29) is 5.41 Å². The van der Waals surface area contributed by atoms with Gasteiger partial charge in [-0.1, -0.05) is 19.9 Å². The van der Waals surface area contributed by atoms with Gasteiger partial charge in [0.05, 0.1) is 7.11 Å². The molecule has 1 aromatic rings. The molecule has 0 aromatic heterocycles. The molecule has 0 heterocycles. The van der Waals surface area contributed by atoms with Crippen LogP contribution in [0.15, 0.2) is 12.1 Å². The zero-order valence-electron chi connectivity index (χ0n) is 10.3. The monoisotopic (exact) mass is 207 g/mol. The molecule has 0 atom stereocenters. The van der Waals surface area contributed by atoms with E-state index in [0.717, 1.165) is 5.75 Å². The fourth-order valence-corrected chi connectivity index (χ4v) is 1.85. The Balaban J connectivity index is 3.28. The molecule has 2 N–H and O–H groups in total. The number of aryl methyl sites for hydroxylation is 2. The zero-order chi connectivity index (χ0) is 11.6. The Kier molecular flexibility index (Phi) is 3.40. The maximum absolute atomic E-state index is 5.80. The van der Waals surface area contributed by atoms with Crippen LogP contribution in [0.3, 0.4) is 0 Å². The molecular formula is C13H21NO. The molecule has 0 radical (unpaired) electrons. The van der Waals surface area contributed by atoms with Crippen molar-refractivity contribution in [3.05, 3.63) is 28.8 Å². The molecule has 0 aliphatic rings. The minimum absolute atomic E-state index is 0.0289. The van der Waals surface area contributed by atoms with E-state index < -0.39 is 0 Å². The van der Waals surface area contributed by atoms with Crippen molar-refractivity contribution >= 4 is 0 Å². The second kappa shape index (κ2) is 4.23. The summed E-state index contributed by atoms with van der Waals surface area (Å²) in [5, 5.41) is 0. The van der Waals surface area contributed by atoms with Crippen molar-refractivity contribution in [2.45, 2.75) is 33.1 Å². The van der Waals surface area contributed by atoms with Crippen molar-refractivity contribution in [1.82, 2.24) is 0 Å². The van der Waals surface area contributed by atoms with E-state index in [1.165, 1.54) is 16.7 Å². The summed E-state index contributed by atoms with van der Waals surface area (Å²) < 4.78 is 5.30. The molecule has 0 spiro atoms. The average molecular weight is 207 g/mol. The lowest BCUT2D eigenvalue weighted by molar-refractivity contribution is 0.410. The van der Waals surface area contributed by atoms with Gasteiger partial charge >= 0.3 is 0 Å². The van der Waals surface area contributed by atoms with Crippen LogP contribution in [0.5, 0.6) is 5.75 Å². The van der Waals surface area contributed by atoms with Gasteiger partial charge in [0, 0.05) is 12.0 Å². The van der Waals surface area contributed by atoms with Crippen molar-refractivity contribution in [3.8, 4) is 5.75 Å². The fraction of sp³-hybridized carbons (Fsp3) is 0.538. The van der Waals surface area contributed by atoms with Gasteiger partial charge in [-0.15, -0.1) is 0 Å². The lowest BCUT2D eigenvalue weighted by Crippen LogP contribution is -2.29. The molecule has 0 fully saturated rings. The number of ether oxygens (including phenoxy) is 1. The largest absolute Gasteiger partial charge is 0.496 e. The molecule has 0 aliphatic heterocycles. The van der Waals surface area contributed by atoms with E-state index in [4.69, 9.17) is 10.5 Å². The van der Waals surface area contributed by atoms with Gasteiger partial charge in [0.25, 0.3) is 0 Å². The Labute approximate surface area is 92.4 Å². The van der Waals surface area contributed by atoms with Gasteiger partial charge in [-0.05, 0) is 36.6 Å². The molecule has 84 valence electrons. The molecule has 0 saturated heterocycles. The molecule has 15 heavy (non-hydrogen) atoms. The predicted molar refractivity (Wildman–Crippen MR) is 64.5 cm³/mol. The summed E-state index contributed by atoms with van der Waals surface area (Å²) >= 11 is 0. The van der Waals surface area contributed by atoms with E-state index in [2.05, 4.69) is 39.8 Å². The van der Waals surface area contributed by atoms with Gasteiger partial charge in [0.2, 0.25) is 0 Å². The highest BCUT2D eigenvalue weighted by atomic mass is 16.5. The van der Waals surface area contributed by atoms with Crippen LogP contribution in [0, 0.1) is 13.8 Å². The Morgan fingerprint density at radius 2 is 1.80 bits per heavy atom. The molecule has 0 unspecified atom stereocenters. The molecule has 0 aliphatic carbocycles. The first-order chi connectivity index (χ1) is 6.92. The quantitative estimate of drug-likeness (QED) is 0.826. The third-order valence-electron chi connectivity index (χ3n) is 2.98. The van der Waals surface area contributed by atoms with Gasteiger partial charge in [-0.2, -0.15) is 0 Å². The topological polar surface area (TPSA) is 35.2 Å². The molecule has 2 heteroatoms. The summed E-state index contributed by atoms with van der Waals surface area (Å²) in [4.78, 5) is 0. The number of hydrogen-bond donors (Lipinski definition) is 1. The Morgan fingerprint density at radius 1 is 1.20 bits per heavy atom. The highest BCUT2D eigenvalue weighted by Gasteiger charge is 2.21. The van der Waals surface area contributed by atoms with Gasteiger partial charge in [-0.3, -0.25) is 0 Å². The standard InChI is InChI=1S/C13H21NO/c1-9-7-12(15-5)10(2)6-11(9)13(3,4)8-14/h6-7H,8,14H2,1-5H3. The summed E-state index contributed by atoms with van der Waals surface area (Å²) in [5.41, 5.74) is 9.54. The van der Waals surface area contributed by atoms with Crippen LogP contribution in [0.25, 0.3) is 0 Å². The van der Waals surface area contributed by atoms with Crippen molar-refractivity contribution in [2.24, 2.45) is 5.73 Å². The van der Waals surface area contributed by atoms with Crippen LogP contribution >= 0.6 is 0 Å². The summed E-state index contributed by atoms with van der Waals surface area (Å²) in [6.45, 7) is 9.16.